The van der Waals surface area contributed by atoms with E-state index >= 15 is 0 Å². The normalized spacial score (nSPS) is 9.64. The Balaban J connectivity index is 3.06. The van der Waals surface area contributed by atoms with Crippen LogP contribution in [0.3, 0.4) is 0 Å². The fraction of sp³-hybridized carbons (Fsp3) is 0.200. The van der Waals surface area contributed by atoms with Crippen LogP contribution in [0.25, 0.3) is 0 Å². The highest BCUT2D eigenvalue weighted by molar-refractivity contribution is 6.67. The summed E-state index contributed by atoms with van der Waals surface area (Å²) in [6.45, 7) is 0. The van der Waals surface area contributed by atoms with E-state index in [9.17, 15) is 9.59 Å². The fourth-order valence-electron chi connectivity index (χ4n) is 1.03. The van der Waals surface area contributed by atoms with Crippen molar-refractivity contribution >= 4 is 22.8 Å². The molecule has 74 valence electrons. The molecule has 0 fully saturated rings. The van der Waals surface area contributed by atoms with Crippen LogP contribution in [0.2, 0.25) is 0 Å². The van der Waals surface area contributed by atoms with Crippen molar-refractivity contribution in [2.75, 3.05) is 14.1 Å². The Hall–Kier alpha value is -1.35. The molecule has 4 heteroatoms. The van der Waals surface area contributed by atoms with Gasteiger partial charge in [0.05, 0.1) is 0 Å². The maximum atomic E-state index is 11.5. The van der Waals surface area contributed by atoms with Crippen LogP contribution in [-0.4, -0.2) is 30.1 Å². The number of rotatable bonds is 2. The van der Waals surface area contributed by atoms with Gasteiger partial charge < -0.3 is 4.90 Å². The minimum Gasteiger partial charge on any atom is -0.345 e. The molecule has 0 atom stereocenters. The molecule has 0 saturated carbocycles. The number of amides is 1. The SMILES string of the molecule is CN(C)C(=O)c1cccc(C(=O)Cl)c1. The Labute approximate surface area is 87.3 Å². The lowest BCUT2D eigenvalue weighted by molar-refractivity contribution is 0.0827. The highest BCUT2D eigenvalue weighted by atomic mass is 35.5. The molecule has 0 radical (unpaired) electrons. The molecule has 1 rings (SSSR count). The van der Waals surface area contributed by atoms with Gasteiger partial charge in [-0.15, -0.1) is 0 Å². The van der Waals surface area contributed by atoms with Crippen LogP contribution >= 0.6 is 11.6 Å². The van der Waals surface area contributed by atoms with E-state index in [1.807, 2.05) is 0 Å². The maximum Gasteiger partial charge on any atom is 0.253 e. The Morgan fingerprint density at radius 3 is 2.29 bits per heavy atom. The molecule has 1 aromatic rings. The molecule has 0 aliphatic heterocycles. The molecule has 14 heavy (non-hydrogen) atoms. The Morgan fingerprint density at radius 2 is 1.79 bits per heavy atom. The summed E-state index contributed by atoms with van der Waals surface area (Å²) in [5, 5.41) is -0.557. The smallest absolute Gasteiger partial charge is 0.253 e. The lowest BCUT2D eigenvalue weighted by atomic mass is 10.1. The van der Waals surface area contributed by atoms with E-state index in [0.717, 1.165) is 0 Å². The molecule has 0 unspecified atom stereocenters. The number of carbonyl (C=O) groups excluding carboxylic acids is 2. The number of carbonyl (C=O) groups is 2. The average molecular weight is 212 g/mol. The molecule has 0 N–H and O–H groups in total. The second-order valence-corrected chi connectivity index (χ2v) is 3.40. The largest absolute Gasteiger partial charge is 0.345 e. The van der Waals surface area contributed by atoms with E-state index in [2.05, 4.69) is 0 Å². The second kappa shape index (κ2) is 4.24. The lowest BCUT2D eigenvalue weighted by Crippen LogP contribution is -2.21. The third-order valence-electron chi connectivity index (χ3n) is 1.74. The van der Waals surface area contributed by atoms with Crippen molar-refractivity contribution in [3.05, 3.63) is 35.4 Å². The van der Waals surface area contributed by atoms with E-state index in [1.165, 1.54) is 11.0 Å². The van der Waals surface area contributed by atoms with Crippen molar-refractivity contribution in [2.45, 2.75) is 0 Å². The van der Waals surface area contributed by atoms with Gasteiger partial charge in [0.25, 0.3) is 11.1 Å². The number of halogens is 1. The number of hydrogen-bond acceptors (Lipinski definition) is 2. The van der Waals surface area contributed by atoms with Crippen molar-refractivity contribution in [1.82, 2.24) is 4.90 Å². The molecule has 0 spiro atoms. The molecule has 0 bridgehead atoms. The van der Waals surface area contributed by atoms with Gasteiger partial charge in [-0.1, -0.05) is 12.1 Å². The summed E-state index contributed by atoms with van der Waals surface area (Å²) in [7, 11) is 3.30. The molecule has 0 aliphatic rings. The van der Waals surface area contributed by atoms with E-state index < -0.39 is 5.24 Å². The van der Waals surface area contributed by atoms with Gasteiger partial charge >= 0.3 is 0 Å². The Bertz CT molecular complexity index is 374. The van der Waals surface area contributed by atoms with Gasteiger partial charge in [0.15, 0.2) is 0 Å². The molecule has 0 aliphatic carbocycles. The predicted molar refractivity (Wildman–Crippen MR) is 54.6 cm³/mol. The van der Waals surface area contributed by atoms with Gasteiger partial charge in [0, 0.05) is 25.2 Å². The minimum absolute atomic E-state index is 0.148. The highest BCUT2D eigenvalue weighted by Gasteiger charge is 2.09. The molecule has 0 aromatic heterocycles. The number of hydrogen-bond donors (Lipinski definition) is 0. The van der Waals surface area contributed by atoms with Crippen molar-refractivity contribution in [3.8, 4) is 0 Å². The van der Waals surface area contributed by atoms with Crippen LogP contribution < -0.4 is 0 Å². The summed E-state index contributed by atoms with van der Waals surface area (Å²) < 4.78 is 0. The summed E-state index contributed by atoms with van der Waals surface area (Å²) in [4.78, 5) is 23.8. The third kappa shape index (κ3) is 2.33. The van der Waals surface area contributed by atoms with Gasteiger partial charge in [-0.2, -0.15) is 0 Å². The summed E-state index contributed by atoms with van der Waals surface area (Å²) in [6.07, 6.45) is 0. The molecular weight excluding hydrogens is 202 g/mol. The zero-order valence-electron chi connectivity index (χ0n) is 7.95. The zero-order chi connectivity index (χ0) is 10.7. The third-order valence-corrected chi connectivity index (χ3v) is 1.96. The average Bonchev–Trinajstić information content (AvgIpc) is 2.16. The van der Waals surface area contributed by atoms with Crippen LogP contribution in [-0.2, 0) is 0 Å². The fourth-order valence-corrected chi connectivity index (χ4v) is 1.15. The molecular formula is C10H10ClNO2. The van der Waals surface area contributed by atoms with Crippen LogP contribution in [0, 0.1) is 0 Å². The van der Waals surface area contributed by atoms with E-state index in [0.29, 0.717) is 11.1 Å². The summed E-state index contributed by atoms with van der Waals surface area (Å²) >= 11 is 5.30. The van der Waals surface area contributed by atoms with Gasteiger partial charge in [0.2, 0.25) is 0 Å². The molecule has 3 nitrogen and oxygen atoms in total. The molecule has 1 amide bonds. The minimum atomic E-state index is -0.557. The summed E-state index contributed by atoms with van der Waals surface area (Å²) in [5.74, 6) is -0.148. The zero-order valence-corrected chi connectivity index (χ0v) is 8.71. The van der Waals surface area contributed by atoms with Crippen LogP contribution in [0.5, 0.6) is 0 Å². The van der Waals surface area contributed by atoms with Gasteiger partial charge in [0.1, 0.15) is 0 Å². The quantitative estimate of drug-likeness (QED) is 0.700. The first-order valence-corrected chi connectivity index (χ1v) is 4.41. The van der Waals surface area contributed by atoms with Gasteiger partial charge in [-0.25, -0.2) is 0 Å². The van der Waals surface area contributed by atoms with E-state index in [-0.39, 0.29) is 5.91 Å². The topological polar surface area (TPSA) is 37.4 Å². The second-order valence-electron chi connectivity index (χ2n) is 3.05. The molecule has 0 saturated heterocycles. The summed E-state index contributed by atoms with van der Waals surface area (Å²) in [5.41, 5.74) is 0.792. The predicted octanol–water partition coefficient (Wildman–Crippen LogP) is 1.77. The van der Waals surface area contributed by atoms with E-state index in [1.54, 1.807) is 32.3 Å². The first-order valence-electron chi connectivity index (χ1n) is 4.04. The Morgan fingerprint density at radius 1 is 1.21 bits per heavy atom. The Kier molecular flexibility index (Phi) is 3.25. The van der Waals surface area contributed by atoms with Crippen LogP contribution in [0.15, 0.2) is 24.3 Å². The monoisotopic (exact) mass is 211 g/mol. The maximum absolute atomic E-state index is 11.5. The standard InChI is InChI=1S/C10H10ClNO2/c1-12(2)10(14)8-5-3-4-7(6-8)9(11)13/h3-6H,1-2H3. The van der Waals surface area contributed by atoms with Crippen molar-refractivity contribution in [2.24, 2.45) is 0 Å². The number of nitrogens with zero attached hydrogens (tertiary/aromatic N) is 1. The first kappa shape index (κ1) is 10.7. The van der Waals surface area contributed by atoms with Gasteiger partial charge in [-0.05, 0) is 23.7 Å². The first-order chi connectivity index (χ1) is 6.52. The van der Waals surface area contributed by atoms with Gasteiger partial charge in [-0.3, -0.25) is 9.59 Å². The van der Waals surface area contributed by atoms with Crippen LogP contribution in [0.4, 0.5) is 0 Å². The van der Waals surface area contributed by atoms with Crippen molar-refractivity contribution in [3.63, 3.8) is 0 Å². The molecule has 1 aromatic carbocycles. The molecule has 0 heterocycles. The number of benzene rings is 1. The summed E-state index contributed by atoms with van der Waals surface area (Å²) in [6, 6.07) is 6.33. The lowest BCUT2D eigenvalue weighted by Gasteiger charge is -2.10. The highest BCUT2D eigenvalue weighted by Crippen LogP contribution is 2.09. The van der Waals surface area contributed by atoms with Crippen molar-refractivity contribution < 1.29 is 9.59 Å². The van der Waals surface area contributed by atoms with E-state index in [4.69, 9.17) is 11.6 Å². The van der Waals surface area contributed by atoms with Crippen LogP contribution in [0.1, 0.15) is 20.7 Å². The van der Waals surface area contributed by atoms with Crippen molar-refractivity contribution in [1.29, 1.82) is 0 Å².